The Kier molecular flexibility index (Phi) is 6.07. The summed E-state index contributed by atoms with van der Waals surface area (Å²) in [6.07, 6.45) is 0. The summed E-state index contributed by atoms with van der Waals surface area (Å²) in [7, 11) is -2.83. The summed E-state index contributed by atoms with van der Waals surface area (Å²) in [5.41, 5.74) is -1.49. The molecule has 0 bridgehead atoms. The molecule has 0 saturated heterocycles. The molecule has 0 aromatic heterocycles. The molecule has 1 aromatic carbocycles. The average molecular weight is 354 g/mol. The van der Waals surface area contributed by atoms with Gasteiger partial charge in [0.05, 0.1) is 0 Å². The molecular formula is C9H9Cl4O4P. The van der Waals surface area contributed by atoms with Crippen LogP contribution in [0.4, 0.5) is 0 Å². The van der Waals surface area contributed by atoms with Crippen molar-refractivity contribution in [1.29, 1.82) is 0 Å². The number of phosphoric acid groups is 1. The summed E-state index contributed by atoms with van der Waals surface area (Å²) in [5.74, 6) is 0.274. The van der Waals surface area contributed by atoms with Crippen molar-refractivity contribution in [2.45, 2.75) is 9.36 Å². The summed E-state index contributed by atoms with van der Waals surface area (Å²) in [6.45, 7) is 0. The molecule has 4 nitrogen and oxygen atoms in total. The molecule has 0 aliphatic heterocycles. The van der Waals surface area contributed by atoms with Crippen LogP contribution in [0.3, 0.4) is 0 Å². The Morgan fingerprint density at radius 3 is 2.22 bits per heavy atom. The van der Waals surface area contributed by atoms with Crippen LogP contribution in [0.2, 0.25) is 0 Å². The highest BCUT2D eigenvalue weighted by Crippen LogP contribution is 2.53. The molecule has 18 heavy (non-hydrogen) atoms. The van der Waals surface area contributed by atoms with Gasteiger partial charge in [0.15, 0.2) is 5.56 Å². The Morgan fingerprint density at radius 1 is 1.22 bits per heavy atom. The lowest BCUT2D eigenvalue weighted by Gasteiger charge is -2.23. The number of hydrogen-bond acceptors (Lipinski definition) is 4. The third kappa shape index (κ3) is 5.14. The van der Waals surface area contributed by atoms with Crippen molar-refractivity contribution in [1.82, 2.24) is 0 Å². The Morgan fingerprint density at radius 2 is 1.78 bits per heavy atom. The average Bonchev–Trinajstić information content (AvgIpc) is 2.29. The number of alkyl halides is 4. The first-order chi connectivity index (χ1) is 8.27. The lowest BCUT2D eigenvalue weighted by atomic mass is 10.3. The van der Waals surface area contributed by atoms with E-state index >= 15 is 0 Å². The maximum absolute atomic E-state index is 12.1. The number of rotatable bonds is 5. The molecule has 2 atom stereocenters. The number of halogens is 4. The van der Waals surface area contributed by atoms with Crippen LogP contribution in [0, 0.1) is 0 Å². The fourth-order valence-electron chi connectivity index (χ4n) is 0.885. The second kappa shape index (κ2) is 6.67. The van der Waals surface area contributed by atoms with E-state index < -0.39 is 17.2 Å². The first-order valence-corrected chi connectivity index (χ1v) is 7.59. The standard InChI is InChI=1S/C9H9Cl4O4P/c1-15-18(14,17-8(10)9(11,12)13)16-7-5-3-2-4-6-7/h2-6,8H,1H3. The van der Waals surface area contributed by atoms with Crippen molar-refractivity contribution in [3.8, 4) is 5.75 Å². The topological polar surface area (TPSA) is 44.8 Å². The Bertz CT molecular complexity index is 422. The quantitative estimate of drug-likeness (QED) is 0.565. The Balaban J connectivity index is 2.78. The highest BCUT2D eigenvalue weighted by Gasteiger charge is 2.40. The molecule has 0 aliphatic rings. The van der Waals surface area contributed by atoms with Crippen LogP contribution in [-0.4, -0.2) is 16.5 Å². The number of phosphoric ester groups is 1. The van der Waals surface area contributed by atoms with Gasteiger partial charge in [0, 0.05) is 7.11 Å². The van der Waals surface area contributed by atoms with Crippen LogP contribution >= 0.6 is 54.2 Å². The lowest BCUT2D eigenvalue weighted by Crippen LogP contribution is -2.23. The fourth-order valence-corrected chi connectivity index (χ4v) is 2.47. The molecule has 0 saturated carbocycles. The highest BCUT2D eigenvalue weighted by atomic mass is 35.6. The van der Waals surface area contributed by atoms with Crippen molar-refractivity contribution in [2.24, 2.45) is 0 Å². The minimum Gasteiger partial charge on any atom is -0.404 e. The molecule has 0 spiro atoms. The van der Waals surface area contributed by atoms with Crippen LogP contribution in [0.5, 0.6) is 5.75 Å². The van der Waals surface area contributed by atoms with Gasteiger partial charge in [-0.1, -0.05) is 64.6 Å². The van der Waals surface area contributed by atoms with Crippen LogP contribution in [0.15, 0.2) is 30.3 Å². The summed E-state index contributed by atoms with van der Waals surface area (Å²) in [6, 6.07) is 8.25. The molecular weight excluding hydrogens is 345 g/mol. The lowest BCUT2D eigenvalue weighted by molar-refractivity contribution is 0.165. The van der Waals surface area contributed by atoms with Gasteiger partial charge in [-0.15, -0.1) is 0 Å². The predicted octanol–water partition coefficient (Wildman–Crippen LogP) is 4.77. The van der Waals surface area contributed by atoms with Gasteiger partial charge in [-0.3, -0.25) is 9.05 Å². The highest BCUT2D eigenvalue weighted by molar-refractivity contribution is 7.49. The minimum absolute atomic E-state index is 0.274. The van der Waals surface area contributed by atoms with E-state index in [4.69, 9.17) is 55.5 Å². The van der Waals surface area contributed by atoms with Gasteiger partial charge in [-0.05, 0) is 12.1 Å². The van der Waals surface area contributed by atoms with Crippen molar-refractivity contribution in [2.75, 3.05) is 7.11 Å². The summed E-state index contributed by atoms with van der Waals surface area (Å²) < 4.78 is 24.7. The molecule has 0 amide bonds. The minimum atomic E-state index is -3.96. The van der Waals surface area contributed by atoms with Gasteiger partial charge in [-0.2, -0.15) is 0 Å². The molecule has 0 heterocycles. The van der Waals surface area contributed by atoms with Gasteiger partial charge in [0.25, 0.3) is 0 Å². The van der Waals surface area contributed by atoms with E-state index in [1.807, 2.05) is 0 Å². The molecule has 0 aliphatic carbocycles. The Labute approximate surface area is 125 Å². The predicted molar refractivity (Wildman–Crippen MR) is 72.7 cm³/mol. The SMILES string of the molecule is COP(=O)(Oc1ccccc1)OC(Cl)C(Cl)(Cl)Cl. The summed E-state index contributed by atoms with van der Waals surface area (Å²) in [5, 5.41) is 0. The molecule has 0 radical (unpaired) electrons. The van der Waals surface area contributed by atoms with Gasteiger partial charge >= 0.3 is 7.82 Å². The third-order valence-corrected chi connectivity index (χ3v) is 4.48. The van der Waals surface area contributed by atoms with Crippen molar-refractivity contribution in [3.05, 3.63) is 30.3 Å². The second-order valence-electron chi connectivity index (χ2n) is 3.00. The number of para-hydroxylation sites is 1. The maximum Gasteiger partial charge on any atom is 0.531 e. The van der Waals surface area contributed by atoms with Crippen molar-refractivity contribution >= 4 is 54.2 Å². The molecule has 2 unspecified atom stereocenters. The fraction of sp³-hybridized carbons (Fsp3) is 0.333. The molecule has 1 aromatic rings. The third-order valence-electron chi connectivity index (χ3n) is 1.66. The van der Waals surface area contributed by atoms with Crippen molar-refractivity contribution < 1.29 is 18.1 Å². The number of benzene rings is 1. The molecule has 1 rings (SSSR count). The Hall–Kier alpha value is 0.330. The molecule has 102 valence electrons. The van der Waals surface area contributed by atoms with Crippen LogP contribution in [0.1, 0.15) is 0 Å². The van der Waals surface area contributed by atoms with E-state index in [9.17, 15) is 4.57 Å². The zero-order valence-corrected chi connectivity index (χ0v) is 13.0. The summed E-state index contributed by atoms with van der Waals surface area (Å²) >= 11 is 22.1. The second-order valence-corrected chi connectivity index (χ2v) is 7.42. The van der Waals surface area contributed by atoms with E-state index in [1.54, 1.807) is 30.3 Å². The van der Waals surface area contributed by atoms with E-state index in [-0.39, 0.29) is 5.75 Å². The molecule has 9 heteroatoms. The van der Waals surface area contributed by atoms with Crippen LogP contribution in [-0.2, 0) is 13.6 Å². The molecule has 0 fully saturated rings. The van der Waals surface area contributed by atoms with Gasteiger partial charge in [0.2, 0.25) is 3.79 Å². The smallest absolute Gasteiger partial charge is 0.404 e. The zero-order valence-electron chi connectivity index (χ0n) is 9.06. The van der Waals surface area contributed by atoms with E-state index in [0.29, 0.717) is 0 Å². The number of hydrogen-bond donors (Lipinski definition) is 0. The first-order valence-electron chi connectivity index (χ1n) is 4.56. The summed E-state index contributed by atoms with van der Waals surface area (Å²) in [4.78, 5) is 0. The maximum atomic E-state index is 12.1. The van der Waals surface area contributed by atoms with E-state index in [1.165, 1.54) is 0 Å². The normalized spacial score (nSPS) is 16.9. The van der Waals surface area contributed by atoms with Gasteiger partial charge < -0.3 is 4.52 Å². The van der Waals surface area contributed by atoms with E-state index in [0.717, 1.165) is 7.11 Å². The monoisotopic (exact) mass is 352 g/mol. The van der Waals surface area contributed by atoms with Crippen LogP contribution in [0.25, 0.3) is 0 Å². The largest absolute Gasteiger partial charge is 0.531 e. The van der Waals surface area contributed by atoms with Gasteiger partial charge in [0.1, 0.15) is 5.75 Å². The van der Waals surface area contributed by atoms with E-state index in [2.05, 4.69) is 4.52 Å². The zero-order chi connectivity index (χ0) is 13.8. The first kappa shape index (κ1) is 16.4. The molecule has 0 N–H and O–H groups in total. The van der Waals surface area contributed by atoms with Crippen LogP contribution < -0.4 is 4.52 Å². The van der Waals surface area contributed by atoms with Crippen molar-refractivity contribution in [3.63, 3.8) is 0 Å². The van der Waals surface area contributed by atoms with Gasteiger partial charge in [-0.25, -0.2) is 4.57 Å².